The molecule has 0 heterocycles. The topological polar surface area (TPSA) is 98.2 Å². The Morgan fingerprint density at radius 2 is 2.00 bits per heavy atom. The second-order valence-electron chi connectivity index (χ2n) is 2.94. The van der Waals surface area contributed by atoms with Crippen molar-refractivity contribution in [3.8, 4) is 0 Å². The van der Waals surface area contributed by atoms with Gasteiger partial charge in [-0.25, -0.2) is 0 Å². The van der Waals surface area contributed by atoms with Gasteiger partial charge < -0.3 is 16.8 Å². The molecule has 0 bridgehead atoms. The van der Waals surface area contributed by atoms with Crippen molar-refractivity contribution in [3.63, 3.8) is 0 Å². The molecule has 0 aliphatic heterocycles. The molecule has 0 rings (SSSR count). The van der Waals surface area contributed by atoms with Crippen LogP contribution in [0.4, 0.5) is 0 Å². The Balaban J connectivity index is 3.56. The zero-order valence-electron chi connectivity index (χ0n) is 7.88. The molecule has 0 saturated carbocycles. The van der Waals surface area contributed by atoms with Crippen LogP contribution in [0.25, 0.3) is 0 Å². The molecule has 0 saturated heterocycles. The van der Waals surface area contributed by atoms with Gasteiger partial charge in [-0.3, -0.25) is 9.59 Å². The Kier molecular flexibility index (Phi) is 5.88. The number of hydrogen-bond donors (Lipinski definition) is 3. The van der Waals surface area contributed by atoms with Crippen molar-refractivity contribution in [1.82, 2.24) is 5.32 Å². The van der Waals surface area contributed by atoms with Crippen molar-refractivity contribution in [2.45, 2.75) is 32.2 Å². The molecular weight excluding hydrogens is 170 g/mol. The molecule has 2 amide bonds. The van der Waals surface area contributed by atoms with Crippen LogP contribution < -0.4 is 16.8 Å². The molecule has 0 spiro atoms. The molecule has 5 nitrogen and oxygen atoms in total. The number of amides is 2. The third-order valence-electron chi connectivity index (χ3n) is 1.66. The van der Waals surface area contributed by atoms with Crippen molar-refractivity contribution in [2.75, 3.05) is 6.54 Å². The van der Waals surface area contributed by atoms with Crippen molar-refractivity contribution >= 4 is 11.8 Å². The van der Waals surface area contributed by atoms with E-state index in [4.69, 9.17) is 11.5 Å². The highest BCUT2D eigenvalue weighted by Gasteiger charge is 2.10. The van der Waals surface area contributed by atoms with E-state index in [9.17, 15) is 9.59 Å². The highest BCUT2D eigenvalue weighted by molar-refractivity contribution is 5.86. The predicted octanol–water partition coefficient (Wildman–Crippen LogP) is -0.895. The highest BCUT2D eigenvalue weighted by atomic mass is 16.2. The Morgan fingerprint density at radius 1 is 1.38 bits per heavy atom. The molecule has 1 atom stereocenters. The summed E-state index contributed by atoms with van der Waals surface area (Å²) in [7, 11) is 0. The summed E-state index contributed by atoms with van der Waals surface area (Å²) in [4.78, 5) is 21.6. The number of unbranched alkanes of at least 4 members (excludes halogenated alkanes) is 1. The normalized spacial score (nSPS) is 12.2. The van der Waals surface area contributed by atoms with Gasteiger partial charge >= 0.3 is 0 Å². The lowest BCUT2D eigenvalue weighted by atomic mass is 10.2. The zero-order valence-corrected chi connectivity index (χ0v) is 7.88. The number of nitrogens with one attached hydrogen (secondary N) is 1. The molecule has 0 aromatic carbocycles. The van der Waals surface area contributed by atoms with Gasteiger partial charge in [0.1, 0.15) is 6.04 Å². The average Bonchev–Trinajstić information content (AvgIpc) is 2.04. The van der Waals surface area contributed by atoms with Crippen LogP contribution in [-0.2, 0) is 9.59 Å². The minimum absolute atomic E-state index is 0.153. The first-order chi connectivity index (χ1) is 6.07. The van der Waals surface area contributed by atoms with Gasteiger partial charge in [0, 0.05) is 6.42 Å². The maximum Gasteiger partial charge on any atom is 0.239 e. The molecule has 0 fully saturated rings. The summed E-state index contributed by atoms with van der Waals surface area (Å²) in [6.07, 6.45) is 1.96. The first kappa shape index (κ1) is 11.9. The zero-order chi connectivity index (χ0) is 10.3. The van der Waals surface area contributed by atoms with Gasteiger partial charge in [-0.15, -0.1) is 0 Å². The Bertz CT molecular complexity index is 182. The Morgan fingerprint density at radius 3 is 2.46 bits per heavy atom. The number of primary amides is 1. The number of carbonyl (C=O) groups excluding carboxylic acids is 2. The first-order valence-corrected chi connectivity index (χ1v) is 4.36. The molecule has 0 aliphatic carbocycles. The fraction of sp³-hybridized carbons (Fsp3) is 0.750. The van der Waals surface area contributed by atoms with E-state index in [1.165, 1.54) is 0 Å². The smallest absolute Gasteiger partial charge is 0.239 e. The van der Waals surface area contributed by atoms with Crippen molar-refractivity contribution in [2.24, 2.45) is 11.5 Å². The molecule has 13 heavy (non-hydrogen) atoms. The van der Waals surface area contributed by atoms with Crippen molar-refractivity contribution < 1.29 is 9.59 Å². The third-order valence-corrected chi connectivity index (χ3v) is 1.66. The van der Waals surface area contributed by atoms with E-state index >= 15 is 0 Å². The molecular formula is C8H17N3O2. The van der Waals surface area contributed by atoms with Crippen LogP contribution >= 0.6 is 0 Å². The lowest BCUT2D eigenvalue weighted by molar-refractivity contribution is -0.127. The van der Waals surface area contributed by atoms with Crippen molar-refractivity contribution in [1.29, 1.82) is 0 Å². The van der Waals surface area contributed by atoms with Gasteiger partial charge in [-0.1, -0.05) is 0 Å². The summed E-state index contributed by atoms with van der Waals surface area (Å²) >= 11 is 0. The minimum Gasteiger partial charge on any atom is -0.368 e. The third kappa shape index (κ3) is 6.10. The van der Waals surface area contributed by atoms with Gasteiger partial charge in [0.15, 0.2) is 0 Å². The molecule has 0 radical (unpaired) electrons. The van der Waals surface area contributed by atoms with E-state index < -0.39 is 11.9 Å². The maximum absolute atomic E-state index is 11.1. The molecule has 0 unspecified atom stereocenters. The number of nitrogens with two attached hydrogens (primary N) is 2. The summed E-state index contributed by atoms with van der Waals surface area (Å²) in [5.74, 6) is -0.674. The van der Waals surface area contributed by atoms with Crippen molar-refractivity contribution in [3.05, 3.63) is 0 Å². The summed E-state index contributed by atoms with van der Waals surface area (Å²) in [5, 5.41) is 2.48. The summed E-state index contributed by atoms with van der Waals surface area (Å²) < 4.78 is 0. The van der Waals surface area contributed by atoms with Crippen LogP contribution in [0.15, 0.2) is 0 Å². The highest BCUT2D eigenvalue weighted by Crippen LogP contribution is 1.93. The van der Waals surface area contributed by atoms with Crippen LogP contribution in [0, 0.1) is 0 Å². The van der Waals surface area contributed by atoms with E-state index in [0.29, 0.717) is 13.0 Å². The monoisotopic (exact) mass is 187 g/mol. The summed E-state index contributed by atoms with van der Waals surface area (Å²) in [5.41, 5.74) is 10.2. The van der Waals surface area contributed by atoms with Crippen LogP contribution in [0.1, 0.15) is 26.2 Å². The fourth-order valence-electron chi connectivity index (χ4n) is 0.815. The standard InChI is InChI=1S/C8H17N3O2/c1-6(8(10)13)11-7(12)4-2-3-5-9/h6H,2-5,9H2,1H3,(H2,10,13)(H,11,12)/t6-/m0/s1. The maximum atomic E-state index is 11.1. The second kappa shape index (κ2) is 6.42. The van der Waals surface area contributed by atoms with Gasteiger partial charge in [-0.2, -0.15) is 0 Å². The molecule has 76 valence electrons. The largest absolute Gasteiger partial charge is 0.368 e. The van der Waals surface area contributed by atoms with Gasteiger partial charge in [0.2, 0.25) is 11.8 Å². The predicted molar refractivity (Wildman–Crippen MR) is 49.7 cm³/mol. The van der Waals surface area contributed by atoms with E-state index in [2.05, 4.69) is 5.32 Å². The molecule has 0 aromatic heterocycles. The van der Waals surface area contributed by atoms with Crippen LogP contribution in [-0.4, -0.2) is 24.4 Å². The van der Waals surface area contributed by atoms with Crippen LogP contribution in [0.2, 0.25) is 0 Å². The molecule has 0 aromatic rings. The Labute approximate surface area is 77.8 Å². The Hall–Kier alpha value is -1.10. The minimum atomic E-state index is -0.592. The number of carbonyl (C=O) groups is 2. The van der Waals surface area contributed by atoms with E-state index in [-0.39, 0.29) is 5.91 Å². The lowest BCUT2D eigenvalue weighted by Gasteiger charge is -2.09. The quantitative estimate of drug-likeness (QED) is 0.470. The van der Waals surface area contributed by atoms with Crippen LogP contribution in [0.5, 0.6) is 0 Å². The molecule has 5 N–H and O–H groups in total. The summed E-state index contributed by atoms with van der Waals surface area (Å²) in [6.45, 7) is 2.14. The SMILES string of the molecule is C[C@H](NC(=O)CCCCN)C(N)=O. The molecule has 0 aliphatic rings. The van der Waals surface area contributed by atoms with Gasteiger partial charge in [0.05, 0.1) is 0 Å². The van der Waals surface area contributed by atoms with E-state index in [1.54, 1.807) is 6.92 Å². The van der Waals surface area contributed by atoms with Gasteiger partial charge in [0.25, 0.3) is 0 Å². The van der Waals surface area contributed by atoms with E-state index in [0.717, 1.165) is 12.8 Å². The number of rotatable bonds is 6. The lowest BCUT2D eigenvalue weighted by Crippen LogP contribution is -2.42. The summed E-state index contributed by atoms with van der Waals surface area (Å²) in [6, 6.07) is -0.592. The molecule has 5 heteroatoms. The van der Waals surface area contributed by atoms with Crippen LogP contribution in [0.3, 0.4) is 0 Å². The number of hydrogen-bond acceptors (Lipinski definition) is 3. The average molecular weight is 187 g/mol. The van der Waals surface area contributed by atoms with E-state index in [1.807, 2.05) is 0 Å². The fourth-order valence-corrected chi connectivity index (χ4v) is 0.815. The first-order valence-electron chi connectivity index (χ1n) is 4.36. The second-order valence-corrected chi connectivity index (χ2v) is 2.94. The van der Waals surface area contributed by atoms with Gasteiger partial charge in [-0.05, 0) is 26.3 Å².